The molecule has 16 heavy (non-hydrogen) atoms. The number of hydrogen-bond acceptors (Lipinski definition) is 3. The van der Waals surface area contributed by atoms with Crippen molar-refractivity contribution in [2.45, 2.75) is 20.0 Å². The van der Waals surface area contributed by atoms with Gasteiger partial charge in [0.15, 0.2) is 0 Å². The van der Waals surface area contributed by atoms with Crippen molar-refractivity contribution in [2.24, 2.45) is 0 Å². The van der Waals surface area contributed by atoms with Gasteiger partial charge in [0.25, 0.3) is 0 Å². The lowest BCUT2D eigenvalue weighted by atomic mass is 10.2. The molecule has 0 saturated heterocycles. The first-order valence-corrected chi connectivity index (χ1v) is 5.22. The number of fused-ring (bicyclic) bond motifs is 1. The van der Waals surface area contributed by atoms with Gasteiger partial charge in [-0.1, -0.05) is 11.6 Å². The average Bonchev–Trinajstić information content (AvgIpc) is 2.15. The first-order chi connectivity index (χ1) is 7.58. The monoisotopic (exact) mass is 240 g/mol. The maximum absolute atomic E-state index is 13.3. The van der Waals surface area contributed by atoms with Gasteiger partial charge in [0.2, 0.25) is 0 Å². The van der Waals surface area contributed by atoms with Gasteiger partial charge >= 0.3 is 0 Å². The Morgan fingerprint density at radius 3 is 2.75 bits per heavy atom. The Hall–Kier alpha value is -1.42. The van der Waals surface area contributed by atoms with Crippen LogP contribution in [0.15, 0.2) is 18.5 Å². The lowest BCUT2D eigenvalue weighted by Gasteiger charge is -2.12. The molecule has 0 radical (unpaired) electrons. The molecule has 0 unspecified atom stereocenters. The lowest BCUT2D eigenvalue weighted by molar-refractivity contribution is 0.244. The zero-order valence-corrected chi connectivity index (χ0v) is 9.62. The summed E-state index contributed by atoms with van der Waals surface area (Å²) in [5, 5.41) is 0.805. The summed E-state index contributed by atoms with van der Waals surface area (Å²) >= 11 is 5.94. The highest BCUT2D eigenvalue weighted by Crippen LogP contribution is 2.31. The van der Waals surface area contributed by atoms with Gasteiger partial charge in [-0.05, 0) is 13.8 Å². The summed E-state index contributed by atoms with van der Waals surface area (Å²) in [5.74, 6) is -0.0338. The van der Waals surface area contributed by atoms with Crippen LogP contribution in [0.4, 0.5) is 4.39 Å². The third kappa shape index (κ3) is 2.07. The van der Waals surface area contributed by atoms with Crippen molar-refractivity contribution in [3.05, 3.63) is 29.4 Å². The second-order valence-corrected chi connectivity index (χ2v) is 3.99. The minimum absolute atomic E-state index is 0.0683. The van der Waals surface area contributed by atoms with Crippen LogP contribution >= 0.6 is 11.6 Å². The number of hydrogen-bond donors (Lipinski definition) is 0. The quantitative estimate of drug-likeness (QED) is 0.756. The maximum atomic E-state index is 13.3. The van der Waals surface area contributed by atoms with Crippen LogP contribution in [-0.4, -0.2) is 16.1 Å². The molecular formula is C11H10ClFN2O. The fourth-order valence-electron chi connectivity index (χ4n) is 1.43. The molecule has 0 aliphatic carbocycles. The van der Waals surface area contributed by atoms with Crippen LogP contribution in [-0.2, 0) is 0 Å². The van der Waals surface area contributed by atoms with Gasteiger partial charge in [-0.3, -0.25) is 0 Å². The lowest BCUT2D eigenvalue weighted by Crippen LogP contribution is -2.06. The van der Waals surface area contributed by atoms with E-state index in [2.05, 4.69) is 9.97 Å². The molecule has 0 bridgehead atoms. The van der Waals surface area contributed by atoms with Crippen molar-refractivity contribution < 1.29 is 9.13 Å². The zero-order chi connectivity index (χ0) is 11.7. The summed E-state index contributed by atoms with van der Waals surface area (Å²) in [7, 11) is 0. The van der Waals surface area contributed by atoms with Crippen LogP contribution in [0.2, 0.25) is 5.15 Å². The van der Waals surface area contributed by atoms with Crippen molar-refractivity contribution in [1.82, 2.24) is 9.97 Å². The summed E-state index contributed by atoms with van der Waals surface area (Å²) in [4.78, 5) is 7.81. The van der Waals surface area contributed by atoms with Gasteiger partial charge in [0.05, 0.1) is 17.0 Å². The van der Waals surface area contributed by atoms with Crippen LogP contribution in [0.1, 0.15) is 13.8 Å². The first-order valence-electron chi connectivity index (χ1n) is 4.84. The number of aromatic nitrogens is 2. The molecule has 0 saturated carbocycles. The van der Waals surface area contributed by atoms with Crippen molar-refractivity contribution in [3.8, 4) is 5.75 Å². The minimum Gasteiger partial charge on any atom is -0.490 e. The molecule has 2 aromatic rings. The van der Waals surface area contributed by atoms with Crippen molar-refractivity contribution in [1.29, 1.82) is 0 Å². The largest absolute Gasteiger partial charge is 0.490 e. The molecule has 1 aromatic heterocycles. The first kappa shape index (κ1) is 11.1. The van der Waals surface area contributed by atoms with Gasteiger partial charge in [0.1, 0.15) is 23.0 Å². The number of rotatable bonds is 2. The van der Waals surface area contributed by atoms with Gasteiger partial charge in [-0.25, -0.2) is 14.4 Å². The molecule has 84 valence electrons. The predicted molar refractivity (Wildman–Crippen MR) is 60.3 cm³/mol. The topological polar surface area (TPSA) is 35.0 Å². The Kier molecular flexibility index (Phi) is 2.92. The number of benzene rings is 1. The van der Waals surface area contributed by atoms with E-state index in [4.69, 9.17) is 16.3 Å². The van der Waals surface area contributed by atoms with Crippen LogP contribution in [0.5, 0.6) is 5.75 Å². The molecule has 0 aliphatic heterocycles. The summed E-state index contributed by atoms with van der Waals surface area (Å²) in [6.07, 6.45) is 1.23. The summed E-state index contributed by atoms with van der Waals surface area (Å²) in [6, 6.07) is 2.59. The Labute approximate surface area is 97.2 Å². The van der Waals surface area contributed by atoms with Crippen molar-refractivity contribution >= 4 is 22.5 Å². The van der Waals surface area contributed by atoms with E-state index in [9.17, 15) is 4.39 Å². The molecule has 2 rings (SSSR count). The van der Waals surface area contributed by atoms with E-state index in [1.807, 2.05) is 13.8 Å². The second kappa shape index (κ2) is 4.22. The molecule has 0 amide bonds. The highest BCUT2D eigenvalue weighted by Gasteiger charge is 2.11. The molecule has 0 atom stereocenters. The Balaban J connectivity index is 2.70. The van der Waals surface area contributed by atoms with E-state index < -0.39 is 5.82 Å². The predicted octanol–water partition coefficient (Wildman–Crippen LogP) is 3.21. The third-order valence-electron chi connectivity index (χ3n) is 1.98. The zero-order valence-electron chi connectivity index (χ0n) is 8.87. The molecule has 0 fully saturated rings. The van der Waals surface area contributed by atoms with Gasteiger partial charge in [0, 0.05) is 12.1 Å². The number of ether oxygens (including phenoxy) is 1. The Morgan fingerprint density at radius 2 is 2.06 bits per heavy atom. The SMILES string of the molecule is CC(C)Oc1cc(F)cc2ncnc(Cl)c12. The molecule has 0 N–H and O–H groups in total. The highest BCUT2D eigenvalue weighted by molar-refractivity contribution is 6.34. The number of nitrogens with zero attached hydrogens (tertiary/aromatic N) is 2. The number of halogens is 2. The standard InChI is InChI=1S/C11H10ClFN2O/c1-6(2)16-9-4-7(13)3-8-10(9)11(12)15-5-14-8/h3-6H,1-2H3. The van der Waals surface area contributed by atoms with E-state index in [-0.39, 0.29) is 11.3 Å². The van der Waals surface area contributed by atoms with Crippen LogP contribution in [0.25, 0.3) is 10.9 Å². The van der Waals surface area contributed by atoms with Crippen LogP contribution in [0, 0.1) is 5.82 Å². The van der Waals surface area contributed by atoms with E-state index in [0.717, 1.165) is 0 Å². The van der Waals surface area contributed by atoms with Gasteiger partial charge in [-0.15, -0.1) is 0 Å². The van der Waals surface area contributed by atoms with E-state index in [1.165, 1.54) is 18.5 Å². The molecule has 0 spiro atoms. The Bertz CT molecular complexity index is 531. The van der Waals surface area contributed by atoms with Crippen LogP contribution < -0.4 is 4.74 Å². The van der Waals surface area contributed by atoms with E-state index in [1.54, 1.807) is 0 Å². The van der Waals surface area contributed by atoms with Gasteiger partial charge < -0.3 is 4.74 Å². The maximum Gasteiger partial charge on any atom is 0.144 e. The highest BCUT2D eigenvalue weighted by atomic mass is 35.5. The van der Waals surface area contributed by atoms with E-state index >= 15 is 0 Å². The Morgan fingerprint density at radius 1 is 1.31 bits per heavy atom. The van der Waals surface area contributed by atoms with Crippen molar-refractivity contribution in [2.75, 3.05) is 0 Å². The second-order valence-electron chi connectivity index (χ2n) is 3.63. The molecule has 3 nitrogen and oxygen atoms in total. The van der Waals surface area contributed by atoms with Crippen LogP contribution in [0.3, 0.4) is 0 Å². The normalized spacial score (nSPS) is 11.1. The average molecular weight is 241 g/mol. The smallest absolute Gasteiger partial charge is 0.144 e. The summed E-state index contributed by atoms with van der Waals surface area (Å²) < 4.78 is 18.8. The fourth-order valence-corrected chi connectivity index (χ4v) is 1.66. The summed E-state index contributed by atoms with van der Waals surface area (Å²) in [6.45, 7) is 3.71. The van der Waals surface area contributed by atoms with E-state index in [0.29, 0.717) is 16.7 Å². The minimum atomic E-state index is -0.405. The molecular weight excluding hydrogens is 231 g/mol. The summed E-state index contributed by atoms with van der Waals surface area (Å²) in [5.41, 5.74) is 0.440. The molecule has 1 heterocycles. The van der Waals surface area contributed by atoms with Gasteiger partial charge in [-0.2, -0.15) is 0 Å². The fraction of sp³-hybridized carbons (Fsp3) is 0.273. The molecule has 0 aliphatic rings. The van der Waals surface area contributed by atoms with Crippen molar-refractivity contribution in [3.63, 3.8) is 0 Å². The third-order valence-corrected chi connectivity index (χ3v) is 2.27. The molecule has 1 aromatic carbocycles. The molecule has 5 heteroatoms.